The zero-order chi connectivity index (χ0) is 20.1. The summed E-state index contributed by atoms with van der Waals surface area (Å²) in [7, 11) is 0. The van der Waals surface area contributed by atoms with Crippen molar-refractivity contribution in [1.29, 1.82) is 0 Å². The highest BCUT2D eigenvalue weighted by Gasteiger charge is 2.58. The first-order chi connectivity index (χ1) is 13.2. The van der Waals surface area contributed by atoms with Gasteiger partial charge in [-0.25, -0.2) is 0 Å². The van der Waals surface area contributed by atoms with Crippen molar-refractivity contribution in [2.45, 2.75) is 45.1 Å². The Morgan fingerprint density at radius 1 is 1.21 bits per heavy atom. The Morgan fingerprint density at radius 2 is 1.93 bits per heavy atom. The maximum absolute atomic E-state index is 12.7. The number of rotatable bonds is 3. The minimum Gasteiger partial charge on any atom is -0.355 e. The average molecular weight is 396 g/mol. The molecule has 0 saturated carbocycles. The van der Waals surface area contributed by atoms with Gasteiger partial charge in [-0.1, -0.05) is 26.0 Å². The summed E-state index contributed by atoms with van der Waals surface area (Å²) in [5.41, 5.74) is -0.241. The Labute approximate surface area is 163 Å². The van der Waals surface area contributed by atoms with Gasteiger partial charge < -0.3 is 9.64 Å². The van der Waals surface area contributed by atoms with Gasteiger partial charge in [-0.05, 0) is 23.6 Å². The molecule has 0 aromatic heterocycles. The van der Waals surface area contributed by atoms with Gasteiger partial charge in [0.15, 0.2) is 0 Å². The molecule has 0 unspecified atom stereocenters. The lowest BCUT2D eigenvalue weighted by Gasteiger charge is -2.52. The van der Waals surface area contributed by atoms with E-state index in [1.807, 2.05) is 4.90 Å². The molecule has 0 N–H and O–H groups in total. The van der Waals surface area contributed by atoms with Crippen LogP contribution in [0.4, 0.5) is 13.2 Å². The number of carbonyl (C=O) groups is 1. The van der Waals surface area contributed by atoms with Gasteiger partial charge in [-0.3, -0.25) is 9.69 Å². The maximum Gasteiger partial charge on any atom is 0.416 e. The van der Waals surface area contributed by atoms with Gasteiger partial charge >= 0.3 is 6.18 Å². The molecule has 28 heavy (non-hydrogen) atoms. The minimum absolute atomic E-state index is 0.122. The summed E-state index contributed by atoms with van der Waals surface area (Å²) < 4.78 is 44.5. The highest BCUT2D eigenvalue weighted by molar-refractivity contribution is 5.80. The summed E-state index contributed by atoms with van der Waals surface area (Å²) in [4.78, 5) is 16.9. The van der Waals surface area contributed by atoms with Crippen molar-refractivity contribution in [2.75, 3.05) is 26.2 Å². The fraction of sp³-hybridized carbons (Fsp3) is 0.667. The second-order valence-corrected chi connectivity index (χ2v) is 8.75. The van der Waals surface area contributed by atoms with E-state index in [0.29, 0.717) is 31.4 Å². The Balaban J connectivity index is 1.43. The third-order valence-corrected chi connectivity index (χ3v) is 6.68. The van der Waals surface area contributed by atoms with E-state index in [-0.39, 0.29) is 11.8 Å². The largest absolute Gasteiger partial charge is 0.416 e. The second kappa shape index (κ2) is 7.02. The van der Waals surface area contributed by atoms with Gasteiger partial charge in [0.05, 0.1) is 12.2 Å². The first kappa shape index (κ1) is 19.7. The molecule has 1 amide bonds. The standard InChI is InChI=1S/C21H27F3N2O2/c1-14(2)16-11-26-19(27)9-18-12-25(8-7-20(18,26)28-13-16)10-15-3-5-17(6-4-15)21(22,23)24/h3-6,14,16,18H,7-13H2,1-2H3/t16-,18-,20-/m0/s1. The second-order valence-electron chi connectivity index (χ2n) is 8.75. The fourth-order valence-corrected chi connectivity index (χ4v) is 4.85. The highest BCUT2D eigenvalue weighted by Crippen LogP contribution is 2.46. The summed E-state index contributed by atoms with van der Waals surface area (Å²) in [6.45, 7) is 7.88. The first-order valence-corrected chi connectivity index (χ1v) is 10.0. The quantitative estimate of drug-likeness (QED) is 0.780. The van der Waals surface area contributed by atoms with E-state index in [1.165, 1.54) is 0 Å². The molecule has 0 radical (unpaired) electrons. The third-order valence-electron chi connectivity index (χ3n) is 6.68. The van der Waals surface area contributed by atoms with Gasteiger partial charge in [-0.15, -0.1) is 0 Å². The van der Waals surface area contributed by atoms with Crippen molar-refractivity contribution < 1.29 is 22.7 Å². The number of hydrogen-bond donors (Lipinski definition) is 0. The van der Waals surface area contributed by atoms with Crippen molar-refractivity contribution >= 4 is 5.91 Å². The molecule has 3 aliphatic heterocycles. The molecular formula is C21H27F3N2O2. The number of carbonyl (C=O) groups excluding carboxylic acids is 1. The SMILES string of the molecule is CC(C)[C@@H]1CO[C@@]23CCN(Cc4ccc(C(F)(F)F)cc4)C[C@@H]2CC(=O)N3C1. The lowest BCUT2D eigenvalue weighted by atomic mass is 9.85. The molecule has 3 saturated heterocycles. The van der Waals surface area contributed by atoms with Crippen molar-refractivity contribution in [3.8, 4) is 0 Å². The fourth-order valence-electron chi connectivity index (χ4n) is 4.85. The normalized spacial score (nSPS) is 31.2. The van der Waals surface area contributed by atoms with Gasteiger partial charge in [-0.2, -0.15) is 13.2 Å². The number of alkyl halides is 3. The zero-order valence-electron chi connectivity index (χ0n) is 16.3. The van der Waals surface area contributed by atoms with Crippen LogP contribution >= 0.6 is 0 Å². The van der Waals surface area contributed by atoms with Gasteiger partial charge in [0.25, 0.3) is 0 Å². The zero-order valence-corrected chi connectivity index (χ0v) is 16.3. The Kier molecular flexibility index (Phi) is 4.94. The van der Waals surface area contributed by atoms with Crippen molar-refractivity contribution in [3.63, 3.8) is 0 Å². The van der Waals surface area contributed by atoms with E-state index < -0.39 is 17.5 Å². The van der Waals surface area contributed by atoms with Crippen LogP contribution < -0.4 is 0 Å². The lowest BCUT2D eigenvalue weighted by Crippen LogP contribution is -2.62. The first-order valence-electron chi connectivity index (χ1n) is 10.0. The van der Waals surface area contributed by atoms with Crippen LogP contribution in [-0.2, 0) is 22.3 Å². The summed E-state index contributed by atoms with van der Waals surface area (Å²) in [5.74, 6) is 1.14. The maximum atomic E-state index is 12.7. The van der Waals surface area contributed by atoms with Crippen LogP contribution in [0.2, 0.25) is 0 Å². The number of benzene rings is 1. The molecule has 4 rings (SSSR count). The Morgan fingerprint density at radius 3 is 2.57 bits per heavy atom. The molecule has 1 aromatic rings. The number of halogens is 3. The van der Waals surface area contributed by atoms with Gasteiger partial charge in [0, 0.05) is 50.9 Å². The molecule has 7 heteroatoms. The molecule has 3 atom stereocenters. The Bertz CT molecular complexity index is 734. The molecule has 3 heterocycles. The molecular weight excluding hydrogens is 369 g/mol. The number of likely N-dealkylation sites (tertiary alicyclic amines) is 1. The van der Waals surface area contributed by atoms with Gasteiger partial charge in [0.1, 0.15) is 5.72 Å². The molecule has 1 aromatic carbocycles. The lowest BCUT2D eigenvalue weighted by molar-refractivity contribution is -0.227. The summed E-state index contributed by atoms with van der Waals surface area (Å²) >= 11 is 0. The van der Waals surface area contributed by atoms with Crippen LogP contribution in [0.5, 0.6) is 0 Å². The number of piperidine rings is 1. The topological polar surface area (TPSA) is 32.8 Å². The van der Waals surface area contributed by atoms with Crippen LogP contribution in [0, 0.1) is 17.8 Å². The van der Waals surface area contributed by atoms with Gasteiger partial charge in [0.2, 0.25) is 5.91 Å². The summed E-state index contributed by atoms with van der Waals surface area (Å²) in [6.07, 6.45) is -3.06. The highest BCUT2D eigenvalue weighted by atomic mass is 19.4. The molecule has 4 nitrogen and oxygen atoms in total. The van der Waals surface area contributed by atoms with Crippen molar-refractivity contribution in [3.05, 3.63) is 35.4 Å². The van der Waals surface area contributed by atoms with E-state index in [0.717, 1.165) is 43.8 Å². The molecule has 3 aliphatic rings. The van der Waals surface area contributed by atoms with E-state index in [2.05, 4.69) is 18.7 Å². The molecule has 0 bridgehead atoms. The van der Waals surface area contributed by atoms with Crippen LogP contribution in [0.1, 0.15) is 37.8 Å². The third kappa shape index (κ3) is 3.43. The predicted octanol–water partition coefficient (Wildman–Crippen LogP) is 3.76. The number of ether oxygens (including phenoxy) is 1. The molecule has 154 valence electrons. The Hall–Kier alpha value is -1.60. The summed E-state index contributed by atoms with van der Waals surface area (Å²) in [6, 6.07) is 5.36. The predicted molar refractivity (Wildman–Crippen MR) is 98.2 cm³/mol. The summed E-state index contributed by atoms with van der Waals surface area (Å²) in [5, 5.41) is 0. The number of hydrogen-bond acceptors (Lipinski definition) is 3. The van der Waals surface area contributed by atoms with Crippen molar-refractivity contribution in [2.24, 2.45) is 17.8 Å². The number of nitrogens with zero attached hydrogens (tertiary/aromatic N) is 2. The van der Waals surface area contributed by atoms with Crippen molar-refractivity contribution in [1.82, 2.24) is 9.80 Å². The van der Waals surface area contributed by atoms with E-state index in [9.17, 15) is 18.0 Å². The van der Waals surface area contributed by atoms with Crippen LogP contribution in [0.25, 0.3) is 0 Å². The molecule has 1 spiro atoms. The molecule has 3 fully saturated rings. The minimum atomic E-state index is -4.31. The van der Waals surface area contributed by atoms with Crippen LogP contribution in [0.3, 0.4) is 0 Å². The average Bonchev–Trinajstić information content (AvgIpc) is 2.92. The van der Waals surface area contributed by atoms with E-state index in [1.54, 1.807) is 12.1 Å². The number of amides is 1. The van der Waals surface area contributed by atoms with Crippen LogP contribution in [-0.4, -0.2) is 47.7 Å². The smallest absolute Gasteiger partial charge is 0.355 e. The van der Waals surface area contributed by atoms with E-state index >= 15 is 0 Å². The molecule has 0 aliphatic carbocycles. The monoisotopic (exact) mass is 396 g/mol. The van der Waals surface area contributed by atoms with Crippen LogP contribution in [0.15, 0.2) is 24.3 Å². The van der Waals surface area contributed by atoms with E-state index in [4.69, 9.17) is 4.74 Å².